The van der Waals surface area contributed by atoms with Crippen molar-refractivity contribution in [3.05, 3.63) is 59.2 Å². The zero-order chi connectivity index (χ0) is 19.5. The zero-order valence-electron chi connectivity index (χ0n) is 16.4. The fourth-order valence-electron chi connectivity index (χ4n) is 4.53. The molecule has 0 N–H and O–H groups in total. The lowest BCUT2D eigenvalue weighted by Crippen LogP contribution is -2.43. The molecule has 4 nitrogen and oxygen atoms in total. The van der Waals surface area contributed by atoms with Gasteiger partial charge in [0.15, 0.2) is 0 Å². The van der Waals surface area contributed by atoms with E-state index in [0.717, 1.165) is 43.7 Å². The topological polar surface area (TPSA) is 32.8 Å². The Kier molecular flexibility index (Phi) is 5.36. The Labute approximate surface area is 167 Å². The van der Waals surface area contributed by atoms with Gasteiger partial charge in [-0.2, -0.15) is 0 Å². The first-order valence-electron chi connectivity index (χ1n) is 9.94. The quantitative estimate of drug-likeness (QED) is 0.750. The summed E-state index contributed by atoms with van der Waals surface area (Å²) in [6.45, 7) is 1.58. The third-order valence-electron chi connectivity index (χ3n) is 5.88. The Hall–Kier alpha value is -2.77. The maximum Gasteiger partial charge on any atom is 0.241 e. The molecule has 2 aliphatic rings. The first-order valence-corrected chi connectivity index (χ1v) is 9.94. The minimum Gasteiger partial charge on any atom is -0.497 e. The average molecular weight is 374 g/mol. The SMILES string of the molecule is C#CCN(CC(=O)N1CCCc2cc(OC)ccc21)C1CCc2ccccc21. The molecular weight excluding hydrogens is 348 g/mol. The van der Waals surface area contributed by atoms with E-state index in [1.54, 1.807) is 7.11 Å². The summed E-state index contributed by atoms with van der Waals surface area (Å²) in [6, 6.07) is 14.7. The highest BCUT2D eigenvalue weighted by atomic mass is 16.5. The Bertz CT molecular complexity index is 915. The number of amides is 1. The summed E-state index contributed by atoms with van der Waals surface area (Å²) in [6.07, 6.45) is 9.65. The number of aryl methyl sites for hydroxylation is 2. The van der Waals surface area contributed by atoms with Crippen molar-refractivity contribution >= 4 is 11.6 Å². The smallest absolute Gasteiger partial charge is 0.241 e. The van der Waals surface area contributed by atoms with Gasteiger partial charge in [0.1, 0.15) is 5.75 Å². The number of methoxy groups -OCH3 is 1. The molecule has 0 spiro atoms. The molecule has 0 fully saturated rings. The van der Waals surface area contributed by atoms with E-state index in [1.807, 2.05) is 23.1 Å². The Morgan fingerprint density at radius 3 is 2.93 bits per heavy atom. The molecule has 1 amide bonds. The van der Waals surface area contributed by atoms with Crippen LogP contribution in [0.3, 0.4) is 0 Å². The number of anilines is 1. The van der Waals surface area contributed by atoms with E-state index >= 15 is 0 Å². The van der Waals surface area contributed by atoms with Crippen LogP contribution in [0.4, 0.5) is 5.69 Å². The fourth-order valence-corrected chi connectivity index (χ4v) is 4.53. The van der Waals surface area contributed by atoms with Crippen molar-refractivity contribution in [1.82, 2.24) is 4.90 Å². The number of hydrogen-bond donors (Lipinski definition) is 0. The van der Waals surface area contributed by atoms with E-state index in [1.165, 1.54) is 16.7 Å². The van der Waals surface area contributed by atoms with Crippen molar-refractivity contribution < 1.29 is 9.53 Å². The van der Waals surface area contributed by atoms with Gasteiger partial charge in [-0.25, -0.2) is 0 Å². The molecule has 1 unspecified atom stereocenters. The van der Waals surface area contributed by atoms with Crippen LogP contribution in [0.25, 0.3) is 0 Å². The third-order valence-corrected chi connectivity index (χ3v) is 5.88. The minimum absolute atomic E-state index is 0.116. The van der Waals surface area contributed by atoms with Gasteiger partial charge < -0.3 is 9.64 Å². The summed E-state index contributed by atoms with van der Waals surface area (Å²) in [5, 5.41) is 0. The highest BCUT2D eigenvalue weighted by Crippen LogP contribution is 2.36. The van der Waals surface area contributed by atoms with Crippen molar-refractivity contribution in [3.63, 3.8) is 0 Å². The molecule has 28 heavy (non-hydrogen) atoms. The van der Waals surface area contributed by atoms with Crippen LogP contribution in [0.1, 0.15) is 35.6 Å². The van der Waals surface area contributed by atoms with Crippen LogP contribution in [-0.4, -0.2) is 37.6 Å². The number of benzene rings is 2. The standard InChI is InChI=1S/C24H26N2O2/c1-3-14-25(23-12-10-18-7-4-5-9-21(18)23)17-24(27)26-15-6-8-19-16-20(28-2)11-13-22(19)26/h1,4-5,7,9,11,13,16,23H,6,8,10,12,14-15,17H2,2H3. The summed E-state index contributed by atoms with van der Waals surface area (Å²) in [5.74, 6) is 3.71. The summed E-state index contributed by atoms with van der Waals surface area (Å²) in [7, 11) is 1.67. The molecule has 2 aromatic carbocycles. The van der Waals surface area contributed by atoms with Crippen molar-refractivity contribution in [3.8, 4) is 18.1 Å². The first-order chi connectivity index (χ1) is 13.7. The van der Waals surface area contributed by atoms with Gasteiger partial charge in [-0.05, 0) is 60.6 Å². The number of nitrogens with zero attached hydrogens (tertiary/aromatic N) is 2. The number of carbonyl (C=O) groups excluding carboxylic acids is 1. The molecule has 1 heterocycles. The summed E-state index contributed by atoms with van der Waals surface area (Å²) >= 11 is 0. The van der Waals surface area contributed by atoms with Gasteiger partial charge >= 0.3 is 0 Å². The predicted molar refractivity (Wildman–Crippen MR) is 112 cm³/mol. The minimum atomic E-state index is 0.116. The lowest BCUT2D eigenvalue weighted by Gasteiger charge is -2.33. The predicted octanol–water partition coefficient (Wildman–Crippen LogP) is 3.60. The number of rotatable bonds is 5. The second-order valence-electron chi connectivity index (χ2n) is 7.51. The van der Waals surface area contributed by atoms with Crippen LogP contribution < -0.4 is 9.64 Å². The molecule has 1 atom stereocenters. The molecule has 0 bridgehead atoms. The normalized spacial score (nSPS) is 17.8. The second kappa shape index (κ2) is 8.08. The van der Waals surface area contributed by atoms with Crippen LogP contribution in [0, 0.1) is 12.3 Å². The highest BCUT2D eigenvalue weighted by molar-refractivity contribution is 5.96. The van der Waals surface area contributed by atoms with Gasteiger partial charge in [0, 0.05) is 18.3 Å². The molecular formula is C24H26N2O2. The van der Waals surface area contributed by atoms with Gasteiger partial charge in [-0.1, -0.05) is 30.2 Å². The molecule has 0 aromatic heterocycles. The number of carbonyl (C=O) groups is 1. The molecule has 4 rings (SSSR count). The number of ether oxygens (including phenoxy) is 1. The molecule has 2 aromatic rings. The molecule has 0 saturated heterocycles. The van der Waals surface area contributed by atoms with Gasteiger partial charge in [0.2, 0.25) is 5.91 Å². The van der Waals surface area contributed by atoms with Crippen LogP contribution in [0.2, 0.25) is 0 Å². The Balaban J connectivity index is 1.55. The average Bonchev–Trinajstić information content (AvgIpc) is 3.16. The van der Waals surface area contributed by atoms with Crippen LogP contribution in [-0.2, 0) is 17.6 Å². The van der Waals surface area contributed by atoms with Crippen LogP contribution >= 0.6 is 0 Å². The third kappa shape index (κ3) is 3.50. The molecule has 144 valence electrons. The zero-order valence-corrected chi connectivity index (χ0v) is 16.4. The van der Waals surface area contributed by atoms with Crippen LogP contribution in [0.15, 0.2) is 42.5 Å². The number of fused-ring (bicyclic) bond motifs is 2. The summed E-state index contributed by atoms with van der Waals surface area (Å²) in [4.78, 5) is 17.3. The first kappa shape index (κ1) is 18.6. The van der Waals surface area contributed by atoms with Crippen molar-refractivity contribution in [2.24, 2.45) is 0 Å². The van der Waals surface area contributed by atoms with E-state index in [9.17, 15) is 4.79 Å². The summed E-state index contributed by atoms with van der Waals surface area (Å²) in [5.41, 5.74) is 4.87. The lowest BCUT2D eigenvalue weighted by molar-refractivity contribution is -0.120. The van der Waals surface area contributed by atoms with E-state index < -0.39 is 0 Å². The van der Waals surface area contributed by atoms with Crippen molar-refractivity contribution in [2.45, 2.75) is 31.7 Å². The summed E-state index contributed by atoms with van der Waals surface area (Å²) < 4.78 is 5.34. The van der Waals surface area contributed by atoms with Gasteiger partial charge in [-0.3, -0.25) is 9.69 Å². The number of terminal acetylenes is 1. The van der Waals surface area contributed by atoms with Crippen LogP contribution in [0.5, 0.6) is 5.75 Å². The second-order valence-corrected chi connectivity index (χ2v) is 7.51. The van der Waals surface area contributed by atoms with Crippen molar-refractivity contribution in [1.29, 1.82) is 0 Å². The van der Waals surface area contributed by atoms with E-state index in [-0.39, 0.29) is 11.9 Å². The number of hydrogen-bond acceptors (Lipinski definition) is 3. The largest absolute Gasteiger partial charge is 0.497 e. The Morgan fingerprint density at radius 1 is 1.25 bits per heavy atom. The molecule has 1 aliphatic carbocycles. The fraction of sp³-hybridized carbons (Fsp3) is 0.375. The van der Waals surface area contributed by atoms with Gasteiger partial charge in [0.25, 0.3) is 0 Å². The molecule has 4 heteroatoms. The highest BCUT2D eigenvalue weighted by Gasteiger charge is 2.31. The molecule has 0 radical (unpaired) electrons. The Morgan fingerprint density at radius 2 is 2.11 bits per heavy atom. The van der Waals surface area contributed by atoms with Gasteiger partial charge in [-0.15, -0.1) is 6.42 Å². The molecule has 0 saturated carbocycles. The van der Waals surface area contributed by atoms with Gasteiger partial charge in [0.05, 0.1) is 20.2 Å². The monoisotopic (exact) mass is 374 g/mol. The van der Waals surface area contributed by atoms with Crippen molar-refractivity contribution in [2.75, 3.05) is 31.6 Å². The van der Waals surface area contributed by atoms with E-state index in [2.05, 4.69) is 35.1 Å². The van der Waals surface area contributed by atoms with E-state index in [0.29, 0.717) is 13.1 Å². The lowest BCUT2D eigenvalue weighted by atomic mass is 10.0. The maximum atomic E-state index is 13.3. The van der Waals surface area contributed by atoms with E-state index in [4.69, 9.17) is 11.2 Å². The maximum absolute atomic E-state index is 13.3. The molecule has 1 aliphatic heterocycles.